The lowest BCUT2D eigenvalue weighted by molar-refractivity contribution is -0.120. The van der Waals surface area contributed by atoms with Crippen LogP contribution < -0.4 is 10.2 Å². The summed E-state index contributed by atoms with van der Waals surface area (Å²) in [4.78, 5) is 39.8. The largest absolute Gasteiger partial charge is 0.478 e. The second-order valence-corrected chi connectivity index (χ2v) is 4.61. The zero-order chi connectivity index (χ0) is 15.0. The van der Waals surface area contributed by atoms with Crippen LogP contribution in [0.5, 0.6) is 0 Å². The zero-order valence-electron chi connectivity index (χ0n) is 10.9. The van der Waals surface area contributed by atoms with Crippen LogP contribution in [0.15, 0.2) is 30.3 Å². The molecule has 3 amide bonds. The molecule has 0 radical (unpaired) electrons. The van der Waals surface area contributed by atoms with Crippen LogP contribution in [0, 0.1) is 0 Å². The maximum Gasteiger partial charge on any atom is 0.337 e. The summed E-state index contributed by atoms with van der Waals surface area (Å²) >= 11 is 0. The molecule has 1 aromatic carbocycles. The first-order chi connectivity index (χ1) is 10.1. The van der Waals surface area contributed by atoms with Crippen LogP contribution in [0.2, 0.25) is 0 Å². The summed E-state index contributed by atoms with van der Waals surface area (Å²) < 4.78 is 0. The average Bonchev–Trinajstić information content (AvgIpc) is 2.46. The van der Waals surface area contributed by atoms with E-state index < -0.39 is 12.0 Å². The molecule has 2 N–H and O–H groups in total. The number of aromatic carboxylic acids is 1. The number of hydrogen-bond donors (Lipinski definition) is 2. The van der Waals surface area contributed by atoms with Crippen molar-refractivity contribution < 1.29 is 19.5 Å². The number of rotatable bonds is 2. The summed E-state index contributed by atoms with van der Waals surface area (Å²) in [5, 5.41) is 12.1. The van der Waals surface area contributed by atoms with Gasteiger partial charge >= 0.3 is 12.0 Å². The third-order valence-electron chi connectivity index (χ3n) is 3.27. The topological polar surface area (TPSA) is 99.6 Å². The molecule has 0 bridgehead atoms. The number of fused-ring (bicyclic) bond motifs is 1. The van der Waals surface area contributed by atoms with Crippen molar-refractivity contribution in [3.05, 3.63) is 35.9 Å². The molecule has 3 rings (SSSR count). The van der Waals surface area contributed by atoms with Gasteiger partial charge in [0.25, 0.3) is 0 Å². The highest BCUT2D eigenvalue weighted by molar-refractivity contribution is 6.06. The van der Waals surface area contributed by atoms with Crippen molar-refractivity contribution in [2.75, 3.05) is 11.4 Å². The minimum absolute atomic E-state index is 0.0721. The van der Waals surface area contributed by atoms with E-state index in [4.69, 9.17) is 0 Å². The number of carboxylic acid groups (broad SMARTS) is 1. The molecular weight excluding hydrogens is 274 g/mol. The molecule has 7 heteroatoms. The number of carbonyl (C=O) groups excluding carboxylic acids is 2. The van der Waals surface area contributed by atoms with E-state index in [1.54, 1.807) is 24.3 Å². The van der Waals surface area contributed by atoms with E-state index in [0.29, 0.717) is 16.7 Å². The SMILES string of the molecule is O=C1CCN(c2ccc3cccc(C(=O)O)c3n2)C(=O)N1. The lowest BCUT2D eigenvalue weighted by Crippen LogP contribution is -2.49. The fourth-order valence-electron chi connectivity index (χ4n) is 2.24. The number of carbonyl (C=O) groups is 3. The highest BCUT2D eigenvalue weighted by atomic mass is 16.4. The minimum Gasteiger partial charge on any atom is -0.478 e. The third kappa shape index (κ3) is 2.29. The van der Waals surface area contributed by atoms with Crippen LogP contribution in [0.25, 0.3) is 10.9 Å². The first-order valence-electron chi connectivity index (χ1n) is 6.30. The van der Waals surface area contributed by atoms with Crippen molar-refractivity contribution in [1.82, 2.24) is 10.3 Å². The van der Waals surface area contributed by atoms with Gasteiger partial charge in [0.1, 0.15) is 5.82 Å². The van der Waals surface area contributed by atoms with Crippen molar-refractivity contribution in [1.29, 1.82) is 0 Å². The Kier molecular flexibility index (Phi) is 3.02. The maximum absolute atomic E-state index is 11.8. The fraction of sp³-hybridized carbons (Fsp3) is 0.143. The van der Waals surface area contributed by atoms with Crippen molar-refractivity contribution in [3.63, 3.8) is 0 Å². The second kappa shape index (κ2) is 4.86. The van der Waals surface area contributed by atoms with Gasteiger partial charge in [-0.1, -0.05) is 12.1 Å². The van der Waals surface area contributed by atoms with Gasteiger partial charge in [-0.2, -0.15) is 0 Å². The lowest BCUT2D eigenvalue weighted by atomic mass is 10.1. The summed E-state index contributed by atoms with van der Waals surface area (Å²) in [7, 11) is 0. The van der Waals surface area contributed by atoms with E-state index in [2.05, 4.69) is 10.3 Å². The minimum atomic E-state index is -1.08. The molecular formula is C14H11N3O4. The molecule has 106 valence electrons. The molecule has 21 heavy (non-hydrogen) atoms. The standard InChI is InChI=1S/C14H11N3O4/c18-11-6-7-17(14(21)16-11)10-5-4-8-2-1-3-9(13(19)20)12(8)15-10/h1-5H,6-7H2,(H,19,20)(H,16,18,21). The summed E-state index contributed by atoms with van der Waals surface area (Å²) in [6.45, 7) is 0.221. The number of benzene rings is 1. The Bertz CT molecular complexity index is 772. The van der Waals surface area contributed by atoms with Crippen LogP contribution >= 0.6 is 0 Å². The summed E-state index contributed by atoms with van der Waals surface area (Å²) in [6.07, 6.45) is 0.187. The summed E-state index contributed by atoms with van der Waals surface area (Å²) in [5.74, 6) is -1.09. The van der Waals surface area contributed by atoms with Crippen LogP contribution in [0.3, 0.4) is 0 Å². The number of anilines is 1. The van der Waals surface area contributed by atoms with Gasteiger partial charge in [0.2, 0.25) is 5.91 Å². The molecule has 1 aromatic heterocycles. The first kappa shape index (κ1) is 13.0. The van der Waals surface area contributed by atoms with Gasteiger partial charge in [0.05, 0.1) is 11.1 Å². The second-order valence-electron chi connectivity index (χ2n) is 4.61. The monoisotopic (exact) mass is 285 g/mol. The van der Waals surface area contributed by atoms with E-state index >= 15 is 0 Å². The number of pyridine rings is 1. The van der Waals surface area contributed by atoms with Gasteiger partial charge in [-0.25, -0.2) is 14.6 Å². The maximum atomic E-state index is 11.8. The molecule has 1 aliphatic rings. The number of para-hydroxylation sites is 1. The highest BCUT2D eigenvalue weighted by Crippen LogP contribution is 2.22. The molecule has 1 aliphatic heterocycles. The molecule has 0 unspecified atom stereocenters. The Morgan fingerprint density at radius 1 is 1.24 bits per heavy atom. The Morgan fingerprint density at radius 2 is 2.05 bits per heavy atom. The molecule has 2 heterocycles. The van der Waals surface area contributed by atoms with Gasteiger partial charge in [0.15, 0.2) is 0 Å². The van der Waals surface area contributed by atoms with Crippen molar-refractivity contribution in [2.24, 2.45) is 0 Å². The van der Waals surface area contributed by atoms with E-state index in [0.717, 1.165) is 0 Å². The molecule has 7 nitrogen and oxygen atoms in total. The molecule has 1 fully saturated rings. The van der Waals surface area contributed by atoms with Gasteiger partial charge in [-0.3, -0.25) is 15.0 Å². The molecule has 0 aliphatic carbocycles. The number of nitrogens with zero attached hydrogens (tertiary/aromatic N) is 2. The Balaban J connectivity index is 2.08. The number of imide groups is 1. The van der Waals surface area contributed by atoms with Gasteiger partial charge in [-0.15, -0.1) is 0 Å². The van der Waals surface area contributed by atoms with Crippen LogP contribution in [-0.4, -0.2) is 34.5 Å². The average molecular weight is 285 g/mol. The number of carboxylic acids is 1. The Hall–Kier alpha value is -2.96. The number of aromatic nitrogens is 1. The lowest BCUT2D eigenvalue weighted by Gasteiger charge is -2.25. The summed E-state index contributed by atoms with van der Waals surface area (Å²) in [5.41, 5.74) is 0.384. The molecule has 0 saturated carbocycles. The quantitative estimate of drug-likeness (QED) is 0.868. The number of amides is 3. The molecule has 2 aromatic rings. The van der Waals surface area contributed by atoms with Gasteiger partial charge in [0, 0.05) is 18.4 Å². The predicted molar refractivity (Wildman–Crippen MR) is 74.2 cm³/mol. The summed E-state index contributed by atoms with van der Waals surface area (Å²) in [6, 6.07) is 7.63. The van der Waals surface area contributed by atoms with Gasteiger partial charge in [-0.05, 0) is 18.2 Å². The smallest absolute Gasteiger partial charge is 0.337 e. The fourth-order valence-corrected chi connectivity index (χ4v) is 2.24. The zero-order valence-corrected chi connectivity index (χ0v) is 10.9. The van der Waals surface area contributed by atoms with E-state index in [1.807, 2.05) is 0 Å². The molecule has 0 spiro atoms. The predicted octanol–water partition coefficient (Wildman–Crippen LogP) is 1.38. The number of nitrogens with one attached hydrogen (secondary N) is 1. The normalized spacial score (nSPS) is 15.1. The number of urea groups is 1. The third-order valence-corrected chi connectivity index (χ3v) is 3.27. The van der Waals surface area contributed by atoms with Crippen molar-refractivity contribution >= 4 is 34.6 Å². The van der Waals surface area contributed by atoms with Crippen molar-refractivity contribution in [3.8, 4) is 0 Å². The molecule has 1 saturated heterocycles. The van der Waals surface area contributed by atoms with E-state index in [1.165, 1.54) is 11.0 Å². The van der Waals surface area contributed by atoms with Crippen LogP contribution in [0.4, 0.5) is 10.6 Å². The van der Waals surface area contributed by atoms with E-state index in [9.17, 15) is 19.5 Å². The van der Waals surface area contributed by atoms with Crippen LogP contribution in [-0.2, 0) is 4.79 Å². The highest BCUT2D eigenvalue weighted by Gasteiger charge is 2.25. The Morgan fingerprint density at radius 3 is 2.76 bits per heavy atom. The Labute approximate surface area is 119 Å². The van der Waals surface area contributed by atoms with Crippen LogP contribution in [0.1, 0.15) is 16.8 Å². The molecule has 0 atom stereocenters. The van der Waals surface area contributed by atoms with Crippen molar-refractivity contribution in [2.45, 2.75) is 6.42 Å². The van der Waals surface area contributed by atoms with E-state index in [-0.39, 0.29) is 24.4 Å². The first-order valence-corrected chi connectivity index (χ1v) is 6.30. The number of hydrogen-bond acceptors (Lipinski definition) is 4. The van der Waals surface area contributed by atoms with Gasteiger partial charge < -0.3 is 5.11 Å².